The predicted molar refractivity (Wildman–Crippen MR) is 56.9 cm³/mol. The molecule has 0 spiro atoms. The van der Waals surface area contributed by atoms with Crippen LogP contribution in [0.15, 0.2) is 6.20 Å². The molecule has 0 radical (unpaired) electrons. The zero-order valence-corrected chi connectivity index (χ0v) is 9.47. The average molecular weight is 230 g/mol. The normalized spacial score (nSPS) is 11.5. The van der Waals surface area contributed by atoms with Crippen molar-refractivity contribution in [2.24, 2.45) is 0 Å². The van der Waals surface area contributed by atoms with Gasteiger partial charge in [0.2, 0.25) is 0 Å². The van der Waals surface area contributed by atoms with Gasteiger partial charge in [-0.2, -0.15) is 0 Å². The molecule has 0 unspecified atom stereocenters. The number of carbonyl (C=O) groups excluding carboxylic acids is 1. The van der Waals surface area contributed by atoms with Gasteiger partial charge in [-0.25, -0.2) is 4.98 Å². The number of nitrogens with zero attached hydrogens (tertiary/aromatic N) is 1. The van der Waals surface area contributed by atoms with E-state index in [1.54, 1.807) is 13.8 Å². The SMILES string of the molecule is Cc1ncc(C(=O)NC(C)(CO)CO)s1. The van der Waals surface area contributed by atoms with Gasteiger partial charge in [0, 0.05) is 0 Å². The fourth-order valence-corrected chi connectivity index (χ4v) is 1.60. The predicted octanol–water partition coefficient (Wildman–Crippen LogP) is -0.0754. The molecule has 3 N–H and O–H groups in total. The topological polar surface area (TPSA) is 82.5 Å². The minimum absolute atomic E-state index is 0.312. The number of carbonyl (C=O) groups is 1. The number of nitrogens with one attached hydrogen (secondary N) is 1. The lowest BCUT2D eigenvalue weighted by Gasteiger charge is -2.25. The number of hydrogen-bond acceptors (Lipinski definition) is 5. The quantitative estimate of drug-likeness (QED) is 0.676. The highest BCUT2D eigenvalue weighted by atomic mass is 32.1. The Hall–Kier alpha value is -0.980. The second kappa shape index (κ2) is 4.69. The number of hydrogen-bond donors (Lipinski definition) is 3. The van der Waals surface area contributed by atoms with Crippen LogP contribution in [-0.2, 0) is 0 Å². The van der Waals surface area contributed by atoms with Crippen LogP contribution < -0.4 is 5.32 Å². The van der Waals surface area contributed by atoms with E-state index in [-0.39, 0.29) is 19.1 Å². The molecule has 0 aliphatic rings. The van der Waals surface area contributed by atoms with Crippen LogP contribution in [0.1, 0.15) is 21.6 Å². The third kappa shape index (κ3) is 2.98. The molecule has 1 amide bonds. The van der Waals surface area contributed by atoms with E-state index in [2.05, 4.69) is 10.3 Å². The lowest BCUT2D eigenvalue weighted by molar-refractivity contribution is 0.0727. The summed E-state index contributed by atoms with van der Waals surface area (Å²) in [4.78, 5) is 16.1. The Kier molecular flexibility index (Phi) is 3.78. The van der Waals surface area contributed by atoms with Crippen LogP contribution in [0, 0.1) is 6.92 Å². The Morgan fingerprint density at radius 1 is 1.60 bits per heavy atom. The molecule has 0 aliphatic heterocycles. The first-order valence-electron chi connectivity index (χ1n) is 4.47. The van der Waals surface area contributed by atoms with Crippen molar-refractivity contribution in [3.8, 4) is 0 Å². The van der Waals surface area contributed by atoms with Crippen LogP contribution >= 0.6 is 11.3 Å². The summed E-state index contributed by atoms with van der Waals surface area (Å²) >= 11 is 1.27. The third-order valence-electron chi connectivity index (χ3n) is 1.96. The highest BCUT2D eigenvalue weighted by Gasteiger charge is 2.25. The third-order valence-corrected chi connectivity index (χ3v) is 2.87. The summed E-state index contributed by atoms with van der Waals surface area (Å²) in [7, 11) is 0. The van der Waals surface area contributed by atoms with E-state index in [1.807, 2.05) is 0 Å². The Bertz CT molecular complexity index is 347. The molecular weight excluding hydrogens is 216 g/mol. The number of aliphatic hydroxyl groups is 2. The van der Waals surface area contributed by atoms with Crippen molar-refractivity contribution < 1.29 is 15.0 Å². The molecule has 0 atom stereocenters. The van der Waals surface area contributed by atoms with Crippen LogP contribution in [0.4, 0.5) is 0 Å². The van der Waals surface area contributed by atoms with Gasteiger partial charge in [0.05, 0.1) is 30.0 Å². The van der Waals surface area contributed by atoms with Gasteiger partial charge in [0.1, 0.15) is 4.88 Å². The van der Waals surface area contributed by atoms with Crippen LogP contribution in [0.2, 0.25) is 0 Å². The minimum atomic E-state index is -0.991. The van der Waals surface area contributed by atoms with Gasteiger partial charge in [0.25, 0.3) is 5.91 Å². The molecule has 5 nitrogen and oxygen atoms in total. The maximum absolute atomic E-state index is 11.6. The van der Waals surface area contributed by atoms with Gasteiger partial charge in [-0.1, -0.05) is 0 Å². The fourth-order valence-electron chi connectivity index (χ4n) is 0.931. The second-order valence-corrected chi connectivity index (χ2v) is 4.81. The second-order valence-electron chi connectivity index (χ2n) is 3.57. The highest BCUT2D eigenvalue weighted by Crippen LogP contribution is 2.12. The summed E-state index contributed by atoms with van der Waals surface area (Å²) in [6, 6.07) is 0. The molecule has 1 rings (SSSR count). The van der Waals surface area contributed by atoms with Crippen molar-refractivity contribution in [1.29, 1.82) is 0 Å². The van der Waals surface area contributed by atoms with Crippen LogP contribution in [0.5, 0.6) is 0 Å². The van der Waals surface area contributed by atoms with Crippen LogP contribution in [-0.4, -0.2) is 39.9 Å². The molecule has 15 heavy (non-hydrogen) atoms. The Labute approximate surface area is 91.8 Å². The van der Waals surface area contributed by atoms with Gasteiger partial charge in [-0.05, 0) is 13.8 Å². The number of thiazole rings is 1. The molecule has 1 heterocycles. The van der Waals surface area contributed by atoms with Gasteiger partial charge in [0.15, 0.2) is 0 Å². The smallest absolute Gasteiger partial charge is 0.263 e. The molecule has 0 bridgehead atoms. The molecule has 0 saturated carbocycles. The lowest BCUT2D eigenvalue weighted by atomic mass is 10.1. The molecule has 0 fully saturated rings. The monoisotopic (exact) mass is 230 g/mol. The zero-order chi connectivity index (χ0) is 11.5. The van der Waals surface area contributed by atoms with Crippen molar-refractivity contribution in [1.82, 2.24) is 10.3 Å². The van der Waals surface area contributed by atoms with Crippen molar-refractivity contribution in [3.63, 3.8) is 0 Å². The van der Waals surface area contributed by atoms with E-state index in [0.29, 0.717) is 4.88 Å². The minimum Gasteiger partial charge on any atom is -0.394 e. The van der Waals surface area contributed by atoms with E-state index in [0.717, 1.165) is 5.01 Å². The van der Waals surface area contributed by atoms with Crippen molar-refractivity contribution in [3.05, 3.63) is 16.1 Å². The molecule has 1 aromatic rings. The maximum atomic E-state index is 11.6. The average Bonchev–Trinajstić information content (AvgIpc) is 2.65. The molecule has 1 aromatic heterocycles. The van der Waals surface area contributed by atoms with E-state index >= 15 is 0 Å². The van der Waals surface area contributed by atoms with E-state index in [1.165, 1.54) is 17.5 Å². The van der Waals surface area contributed by atoms with E-state index in [9.17, 15) is 4.79 Å². The fraction of sp³-hybridized carbons (Fsp3) is 0.556. The first-order chi connectivity index (χ1) is 7.00. The van der Waals surface area contributed by atoms with Crippen LogP contribution in [0.25, 0.3) is 0 Å². The van der Waals surface area contributed by atoms with Crippen molar-refractivity contribution >= 4 is 17.2 Å². The van der Waals surface area contributed by atoms with E-state index < -0.39 is 5.54 Å². The summed E-state index contributed by atoms with van der Waals surface area (Å²) in [5.41, 5.74) is -0.991. The number of amides is 1. The molecule has 0 saturated heterocycles. The number of aliphatic hydroxyl groups excluding tert-OH is 2. The van der Waals surface area contributed by atoms with Crippen molar-refractivity contribution in [2.75, 3.05) is 13.2 Å². The molecule has 0 aromatic carbocycles. The first kappa shape index (κ1) is 12.1. The maximum Gasteiger partial charge on any atom is 0.263 e. The number of aryl methyl sites for hydroxylation is 1. The Balaban J connectivity index is 2.71. The van der Waals surface area contributed by atoms with Gasteiger partial charge >= 0.3 is 0 Å². The molecule has 0 aliphatic carbocycles. The summed E-state index contributed by atoms with van der Waals surface area (Å²) in [6.45, 7) is 2.75. The summed E-state index contributed by atoms with van der Waals surface area (Å²) < 4.78 is 0. The van der Waals surface area contributed by atoms with Gasteiger partial charge < -0.3 is 15.5 Å². The lowest BCUT2D eigenvalue weighted by Crippen LogP contribution is -2.51. The zero-order valence-electron chi connectivity index (χ0n) is 8.65. The summed E-state index contributed by atoms with van der Waals surface area (Å²) in [5, 5.41) is 21.4. The van der Waals surface area contributed by atoms with Crippen molar-refractivity contribution in [2.45, 2.75) is 19.4 Å². The van der Waals surface area contributed by atoms with Gasteiger partial charge in [-0.3, -0.25) is 4.79 Å². The Morgan fingerprint density at radius 2 is 2.20 bits per heavy atom. The standard InChI is InChI=1S/C9H14N2O3S/c1-6-10-3-7(15-6)8(14)11-9(2,4-12)5-13/h3,12-13H,4-5H2,1-2H3,(H,11,14). The largest absolute Gasteiger partial charge is 0.394 e. The van der Waals surface area contributed by atoms with Gasteiger partial charge in [-0.15, -0.1) is 11.3 Å². The summed E-state index contributed by atoms with van der Waals surface area (Å²) in [6.07, 6.45) is 1.48. The number of aromatic nitrogens is 1. The Morgan fingerprint density at radius 3 is 2.60 bits per heavy atom. The molecule has 84 valence electrons. The summed E-state index contributed by atoms with van der Waals surface area (Å²) in [5.74, 6) is -0.328. The molecular formula is C9H14N2O3S. The molecule has 6 heteroatoms. The van der Waals surface area contributed by atoms with Crippen LogP contribution in [0.3, 0.4) is 0 Å². The van der Waals surface area contributed by atoms with E-state index in [4.69, 9.17) is 10.2 Å². The first-order valence-corrected chi connectivity index (χ1v) is 5.29. The number of rotatable bonds is 4. The highest BCUT2D eigenvalue weighted by molar-refractivity contribution is 7.13.